The number of ether oxygens (including phenoxy) is 1. The van der Waals surface area contributed by atoms with E-state index in [-0.39, 0.29) is 0 Å². The zero-order valence-corrected chi connectivity index (χ0v) is 12.5. The van der Waals surface area contributed by atoms with Gasteiger partial charge in [-0.1, -0.05) is 17.7 Å². The average Bonchev–Trinajstić information content (AvgIpc) is 2.93. The van der Waals surface area contributed by atoms with Crippen LogP contribution in [0.5, 0.6) is 5.75 Å². The molecule has 0 saturated carbocycles. The van der Waals surface area contributed by atoms with Crippen LogP contribution in [-0.2, 0) is 6.54 Å². The predicted octanol–water partition coefficient (Wildman–Crippen LogP) is 2.92. The second kappa shape index (κ2) is 7.13. The van der Waals surface area contributed by atoms with Gasteiger partial charge in [-0.3, -0.25) is 4.90 Å². The van der Waals surface area contributed by atoms with Crippen molar-refractivity contribution in [2.45, 2.75) is 32.4 Å². The molecule has 1 aliphatic rings. The van der Waals surface area contributed by atoms with Crippen LogP contribution in [0.15, 0.2) is 18.2 Å². The van der Waals surface area contributed by atoms with Gasteiger partial charge in [-0.25, -0.2) is 0 Å². The lowest BCUT2D eigenvalue weighted by Gasteiger charge is -2.24. The molecule has 1 aromatic rings. The van der Waals surface area contributed by atoms with Gasteiger partial charge in [-0.15, -0.1) is 0 Å². The maximum Gasteiger partial charge on any atom is 0.137 e. The van der Waals surface area contributed by atoms with Gasteiger partial charge in [0.15, 0.2) is 0 Å². The number of hydrogen-bond acceptors (Lipinski definition) is 3. The smallest absolute Gasteiger partial charge is 0.137 e. The molecular weight excluding hydrogens is 260 g/mol. The summed E-state index contributed by atoms with van der Waals surface area (Å²) in [5, 5.41) is 4.18. The third-order valence-corrected chi connectivity index (χ3v) is 4.04. The number of halogens is 1. The van der Waals surface area contributed by atoms with E-state index in [4.69, 9.17) is 16.3 Å². The number of nitrogens with zero attached hydrogens (tertiary/aromatic N) is 1. The summed E-state index contributed by atoms with van der Waals surface area (Å²) < 4.78 is 5.15. The molecule has 0 amide bonds. The van der Waals surface area contributed by atoms with Crippen LogP contribution in [0.3, 0.4) is 0 Å². The third-order valence-electron chi connectivity index (χ3n) is 3.75. The second-order valence-corrected chi connectivity index (χ2v) is 5.60. The molecule has 0 aliphatic carbocycles. The fourth-order valence-corrected chi connectivity index (χ4v) is 2.84. The van der Waals surface area contributed by atoms with Crippen LogP contribution in [0.4, 0.5) is 0 Å². The number of rotatable bonds is 6. The molecule has 0 aromatic heterocycles. The van der Waals surface area contributed by atoms with Crippen molar-refractivity contribution < 1.29 is 4.74 Å². The molecule has 1 unspecified atom stereocenters. The summed E-state index contributed by atoms with van der Waals surface area (Å²) in [5.41, 5.74) is 1.19. The largest absolute Gasteiger partial charge is 0.495 e. The Hall–Kier alpha value is -0.770. The van der Waals surface area contributed by atoms with E-state index in [2.05, 4.69) is 23.2 Å². The van der Waals surface area contributed by atoms with Crippen molar-refractivity contribution in [3.8, 4) is 5.75 Å². The minimum absolute atomic E-state index is 0.608. The van der Waals surface area contributed by atoms with Crippen molar-refractivity contribution in [1.29, 1.82) is 0 Å². The van der Waals surface area contributed by atoms with E-state index >= 15 is 0 Å². The molecule has 0 radical (unpaired) electrons. The highest BCUT2D eigenvalue weighted by Crippen LogP contribution is 2.24. The van der Waals surface area contributed by atoms with E-state index < -0.39 is 0 Å². The van der Waals surface area contributed by atoms with Gasteiger partial charge < -0.3 is 10.1 Å². The number of likely N-dealkylation sites (tertiary alicyclic amines) is 1. The molecule has 0 bridgehead atoms. The zero-order valence-electron chi connectivity index (χ0n) is 11.8. The van der Waals surface area contributed by atoms with Crippen molar-refractivity contribution in [2.24, 2.45) is 0 Å². The third kappa shape index (κ3) is 4.10. The molecule has 106 valence electrons. The number of methoxy groups -OCH3 is 1. The maximum absolute atomic E-state index is 6.11. The first-order chi connectivity index (χ1) is 9.20. The summed E-state index contributed by atoms with van der Waals surface area (Å²) in [6.07, 6.45) is 2.69. The molecule has 1 atom stereocenters. The number of nitrogens with one attached hydrogen (secondary N) is 1. The molecule has 0 spiro atoms. The minimum Gasteiger partial charge on any atom is -0.495 e. The molecule has 19 heavy (non-hydrogen) atoms. The SMILES string of the molecule is COc1ccc(CNCC(C)N2CCCC2)cc1Cl. The van der Waals surface area contributed by atoms with Gasteiger partial charge in [-0.05, 0) is 50.6 Å². The molecule has 3 nitrogen and oxygen atoms in total. The monoisotopic (exact) mass is 282 g/mol. The molecule has 1 saturated heterocycles. The lowest BCUT2D eigenvalue weighted by Crippen LogP contribution is -2.38. The van der Waals surface area contributed by atoms with Crippen LogP contribution in [0, 0.1) is 0 Å². The highest BCUT2D eigenvalue weighted by Gasteiger charge is 2.17. The summed E-state index contributed by atoms with van der Waals surface area (Å²) in [5.74, 6) is 0.732. The summed E-state index contributed by atoms with van der Waals surface area (Å²) in [4.78, 5) is 2.55. The van der Waals surface area contributed by atoms with Crippen molar-refractivity contribution in [2.75, 3.05) is 26.7 Å². The van der Waals surface area contributed by atoms with Crippen molar-refractivity contribution in [3.05, 3.63) is 28.8 Å². The van der Waals surface area contributed by atoms with Gasteiger partial charge >= 0.3 is 0 Å². The van der Waals surface area contributed by atoms with Gasteiger partial charge in [0.2, 0.25) is 0 Å². The first kappa shape index (κ1) is 14.6. The van der Waals surface area contributed by atoms with Gasteiger partial charge in [0, 0.05) is 19.1 Å². The molecule has 4 heteroatoms. The van der Waals surface area contributed by atoms with Crippen LogP contribution in [0.25, 0.3) is 0 Å². The number of hydrogen-bond donors (Lipinski definition) is 1. The Morgan fingerprint density at radius 2 is 2.11 bits per heavy atom. The molecule has 1 aliphatic heterocycles. The summed E-state index contributed by atoms with van der Waals surface area (Å²) in [7, 11) is 1.64. The first-order valence-corrected chi connectivity index (χ1v) is 7.35. The quantitative estimate of drug-likeness (QED) is 0.868. The van der Waals surface area contributed by atoms with Crippen LogP contribution in [0.2, 0.25) is 5.02 Å². The normalized spacial score (nSPS) is 17.6. The van der Waals surface area contributed by atoms with Crippen LogP contribution in [-0.4, -0.2) is 37.7 Å². The Labute approximate surface area is 120 Å². The van der Waals surface area contributed by atoms with E-state index in [9.17, 15) is 0 Å². The average molecular weight is 283 g/mol. The topological polar surface area (TPSA) is 24.5 Å². The van der Waals surface area contributed by atoms with Gasteiger partial charge in [-0.2, -0.15) is 0 Å². The predicted molar refractivity (Wildman–Crippen MR) is 80.0 cm³/mol. The van der Waals surface area contributed by atoms with Gasteiger partial charge in [0.25, 0.3) is 0 Å². The molecule has 1 fully saturated rings. The Morgan fingerprint density at radius 3 is 2.74 bits per heavy atom. The molecule has 1 aromatic carbocycles. The van der Waals surface area contributed by atoms with Crippen LogP contribution in [0.1, 0.15) is 25.3 Å². The maximum atomic E-state index is 6.11. The fourth-order valence-electron chi connectivity index (χ4n) is 2.56. The summed E-state index contributed by atoms with van der Waals surface area (Å²) in [6, 6.07) is 6.55. The van der Waals surface area contributed by atoms with E-state index in [0.717, 1.165) is 18.8 Å². The zero-order chi connectivity index (χ0) is 13.7. The fraction of sp³-hybridized carbons (Fsp3) is 0.600. The lowest BCUT2D eigenvalue weighted by molar-refractivity contribution is 0.251. The number of benzene rings is 1. The van der Waals surface area contributed by atoms with Gasteiger partial charge in [0.1, 0.15) is 5.75 Å². The Balaban J connectivity index is 1.77. The summed E-state index contributed by atoms with van der Waals surface area (Å²) >= 11 is 6.11. The van der Waals surface area contributed by atoms with Gasteiger partial charge in [0.05, 0.1) is 12.1 Å². The molecular formula is C15H23ClN2O. The lowest BCUT2D eigenvalue weighted by atomic mass is 10.2. The molecule has 1 N–H and O–H groups in total. The highest BCUT2D eigenvalue weighted by atomic mass is 35.5. The minimum atomic E-state index is 0.608. The second-order valence-electron chi connectivity index (χ2n) is 5.19. The first-order valence-electron chi connectivity index (χ1n) is 6.98. The van der Waals surface area contributed by atoms with Crippen molar-refractivity contribution >= 4 is 11.6 Å². The van der Waals surface area contributed by atoms with E-state index in [1.807, 2.05) is 12.1 Å². The van der Waals surface area contributed by atoms with Crippen LogP contribution >= 0.6 is 11.6 Å². The Bertz CT molecular complexity index is 405. The molecule has 2 rings (SSSR count). The van der Waals surface area contributed by atoms with E-state index in [1.165, 1.54) is 31.5 Å². The Kier molecular flexibility index (Phi) is 5.49. The van der Waals surface area contributed by atoms with E-state index in [0.29, 0.717) is 11.1 Å². The Morgan fingerprint density at radius 1 is 1.37 bits per heavy atom. The summed E-state index contributed by atoms with van der Waals surface area (Å²) in [6.45, 7) is 6.65. The van der Waals surface area contributed by atoms with Crippen molar-refractivity contribution in [1.82, 2.24) is 10.2 Å². The molecule has 1 heterocycles. The van der Waals surface area contributed by atoms with Crippen molar-refractivity contribution in [3.63, 3.8) is 0 Å². The van der Waals surface area contributed by atoms with E-state index in [1.54, 1.807) is 7.11 Å². The standard InChI is InChI=1S/C15H23ClN2O/c1-12(18-7-3-4-8-18)10-17-11-13-5-6-15(19-2)14(16)9-13/h5-6,9,12,17H,3-4,7-8,10-11H2,1-2H3. The van der Waals surface area contributed by atoms with Crippen LogP contribution < -0.4 is 10.1 Å². The highest BCUT2D eigenvalue weighted by molar-refractivity contribution is 6.32.